The number of aromatic hydroxyl groups is 2. The Morgan fingerprint density at radius 3 is 1.17 bits per heavy atom. The zero-order valence-electron chi connectivity index (χ0n) is 36.9. The molecule has 5 N–H and O–H groups in total. The van der Waals surface area contributed by atoms with Gasteiger partial charge < -0.3 is 20.8 Å². The van der Waals surface area contributed by atoms with Gasteiger partial charge in [-0.15, -0.1) is 0 Å². The molecule has 0 saturated carbocycles. The average molecular weight is 837 g/mol. The molecule has 0 aliphatic heterocycles. The summed E-state index contributed by atoms with van der Waals surface area (Å²) in [5.74, 6) is 1.41. The van der Waals surface area contributed by atoms with Gasteiger partial charge >= 0.3 is 0 Å². The van der Waals surface area contributed by atoms with E-state index in [1.165, 1.54) is 31.3 Å². The van der Waals surface area contributed by atoms with E-state index in [-0.39, 0.29) is 52.9 Å². The predicted octanol–water partition coefficient (Wildman–Crippen LogP) is -0.365. The number of benzene rings is 4. The molecule has 0 spiro atoms. The van der Waals surface area contributed by atoms with Gasteiger partial charge in [-0.05, 0) is 79.7 Å². The Hall–Kier alpha value is -5.37. The van der Waals surface area contributed by atoms with Crippen LogP contribution in [-0.4, -0.2) is 155 Å². The normalized spacial score (nSPS) is 9.75. The third kappa shape index (κ3) is 16.5. The van der Waals surface area contributed by atoms with Crippen molar-refractivity contribution in [1.82, 2.24) is 19.1 Å². The number of aliphatic hydroxyl groups excluding tert-OH is 1. The maximum absolute atomic E-state index is 12.9. The number of hydrogen-bond donors (Lipinski definition) is 3. The highest BCUT2D eigenvalue weighted by molar-refractivity contribution is 7.89. The van der Waals surface area contributed by atoms with Crippen molar-refractivity contribution in [3.8, 4) is 35.0 Å². The number of phenolic OH excluding ortho intramolecular Hbond substituents is 2. The summed E-state index contributed by atoms with van der Waals surface area (Å²) < 4.78 is 3.12. The van der Waals surface area contributed by atoms with E-state index in [9.17, 15) is 19.8 Å². The minimum Gasteiger partial charge on any atom is -0.508 e. The molecular formula is C38H38B15N6O6. The zero-order valence-corrected chi connectivity index (χ0v) is 36.9. The maximum atomic E-state index is 12.9. The molecule has 2 heterocycles. The Balaban J connectivity index is 0.000000471. The van der Waals surface area contributed by atoms with Gasteiger partial charge in [0, 0.05) is 139 Å². The van der Waals surface area contributed by atoms with E-state index in [1.54, 1.807) is 76.7 Å². The number of hydrogen-bond acceptors (Lipinski definition) is 9. The molecule has 0 aliphatic carbocycles. The summed E-state index contributed by atoms with van der Waals surface area (Å²) in [7, 11) is 47.4. The minimum atomic E-state index is -0.630. The van der Waals surface area contributed by atoms with E-state index in [4.69, 9.17) is 85.3 Å². The van der Waals surface area contributed by atoms with E-state index in [0.29, 0.717) is 56.0 Å². The molecule has 27 heteroatoms. The van der Waals surface area contributed by atoms with Crippen LogP contribution in [-0.2, 0) is 0 Å². The summed E-state index contributed by atoms with van der Waals surface area (Å²) in [4.78, 5) is 34.9. The van der Waals surface area contributed by atoms with Crippen LogP contribution in [0, 0.1) is 22.7 Å². The van der Waals surface area contributed by atoms with Gasteiger partial charge in [-0.1, -0.05) is 27.7 Å². The molecule has 0 bridgehead atoms. The van der Waals surface area contributed by atoms with Crippen molar-refractivity contribution < 1.29 is 20.8 Å². The lowest BCUT2D eigenvalue weighted by Crippen LogP contribution is -2.52. The molecule has 0 atom stereocenters. The number of aliphatic hydroxyl groups is 1. The van der Waals surface area contributed by atoms with Crippen LogP contribution in [0.3, 0.4) is 0 Å². The summed E-state index contributed by atoms with van der Waals surface area (Å²) in [6.07, 6.45) is -2.70. The SMILES string of the molecule is CC(C)c1nc2cc(O)ccc2c(=O)n1-c1ccc(C#N)cc1.CC(C)c1nc2cc(O)ccc2c(=O)n1-c1ccc(C#N)cc1.CCO.O.[B]B([B])B([B])B([B])[B].[B][B]B([B])B([B])[B]. The lowest BCUT2D eigenvalue weighted by molar-refractivity contribution is 0.318. The zero-order chi connectivity index (χ0) is 48.4. The highest BCUT2D eigenvalue weighted by Gasteiger charge is 2.18. The largest absolute Gasteiger partial charge is 0.508 e. The van der Waals surface area contributed by atoms with Crippen molar-refractivity contribution in [3.63, 3.8) is 0 Å². The first-order valence-electron chi connectivity index (χ1n) is 19.9. The van der Waals surface area contributed by atoms with Crippen LogP contribution in [0.25, 0.3) is 33.2 Å². The molecule has 0 amide bonds. The van der Waals surface area contributed by atoms with Crippen molar-refractivity contribution in [3.05, 3.63) is 128 Å². The second-order valence-corrected chi connectivity index (χ2v) is 14.6. The molecule has 6 aromatic rings. The minimum absolute atomic E-state index is 0. The standard InChI is InChI=1S/2C18H15N3O2.C2H6O.B8.B7.H2O/c2*1-11(2)17-20-16-9-14(22)7-8-15(16)18(23)21(17)13-5-3-12(10-19)4-6-13;1-2-3;1-6(2)8(5)7(3)4;1-5-7(4)6(2)3;/h2*3-9,11,22H,1-2H3;3H,2H2,1H3;;;1H2. The van der Waals surface area contributed by atoms with Crippen LogP contribution < -0.4 is 11.1 Å². The first-order valence-corrected chi connectivity index (χ1v) is 19.9. The van der Waals surface area contributed by atoms with E-state index < -0.39 is 25.5 Å². The van der Waals surface area contributed by atoms with Crippen molar-refractivity contribution in [1.29, 1.82) is 10.5 Å². The van der Waals surface area contributed by atoms with Crippen molar-refractivity contribution >= 4 is 130 Å². The summed E-state index contributed by atoms with van der Waals surface area (Å²) in [5.41, 5.74) is 2.97. The lowest BCUT2D eigenvalue weighted by atomic mass is 8.68. The lowest BCUT2D eigenvalue weighted by Gasteiger charge is -2.16. The average Bonchev–Trinajstić information content (AvgIpc) is 3.26. The molecule has 65 heavy (non-hydrogen) atoms. The van der Waals surface area contributed by atoms with Crippen molar-refractivity contribution in [2.75, 3.05) is 6.61 Å². The molecule has 19 radical (unpaired) electrons. The van der Waals surface area contributed by atoms with E-state index in [1.807, 2.05) is 27.7 Å². The summed E-state index contributed by atoms with van der Waals surface area (Å²) in [6.45, 7) is 9.75. The molecule has 0 unspecified atom stereocenters. The molecule has 12 nitrogen and oxygen atoms in total. The Morgan fingerprint density at radius 2 is 0.954 bits per heavy atom. The van der Waals surface area contributed by atoms with Gasteiger partial charge in [0.05, 0.1) is 56.4 Å². The first kappa shape index (κ1) is 57.7. The Kier molecular flexibility index (Phi) is 24.7. The molecule has 301 valence electrons. The predicted molar refractivity (Wildman–Crippen MR) is 278 cm³/mol. The van der Waals surface area contributed by atoms with Crippen LogP contribution in [0.4, 0.5) is 0 Å². The van der Waals surface area contributed by atoms with Gasteiger partial charge in [-0.2, -0.15) is 10.5 Å². The molecule has 6 rings (SSSR count). The van der Waals surface area contributed by atoms with E-state index in [2.05, 4.69) is 22.1 Å². The maximum Gasteiger partial charge on any atom is 0.265 e. The van der Waals surface area contributed by atoms with Crippen molar-refractivity contribution in [2.24, 2.45) is 0 Å². The van der Waals surface area contributed by atoms with Crippen LogP contribution >= 0.6 is 0 Å². The van der Waals surface area contributed by atoms with Crippen LogP contribution in [0.2, 0.25) is 0 Å². The second-order valence-electron chi connectivity index (χ2n) is 14.6. The van der Waals surface area contributed by atoms with E-state index >= 15 is 0 Å². The smallest absolute Gasteiger partial charge is 0.265 e. The summed E-state index contributed by atoms with van der Waals surface area (Å²) >= 11 is 0. The third-order valence-electron chi connectivity index (χ3n) is 8.86. The summed E-state index contributed by atoms with van der Waals surface area (Å²) in [5, 5.41) is 45.5. The quantitative estimate of drug-likeness (QED) is 0.171. The molecule has 2 aromatic heterocycles. The number of nitriles is 2. The number of phenols is 2. The van der Waals surface area contributed by atoms with Gasteiger partial charge in [0.1, 0.15) is 23.1 Å². The van der Waals surface area contributed by atoms with Crippen molar-refractivity contribution in [2.45, 2.75) is 46.5 Å². The van der Waals surface area contributed by atoms with Crippen LogP contribution in [0.1, 0.15) is 69.2 Å². The molecule has 0 fully saturated rings. The monoisotopic (exact) mass is 839 g/mol. The van der Waals surface area contributed by atoms with Gasteiger partial charge in [0.2, 0.25) is 0 Å². The summed E-state index contributed by atoms with van der Waals surface area (Å²) in [6, 6.07) is 26.8. The number of fused-ring (bicyclic) bond motifs is 2. The van der Waals surface area contributed by atoms with Gasteiger partial charge in [0.25, 0.3) is 11.1 Å². The fraction of sp³-hybridized carbons (Fsp3) is 0.211. The molecule has 4 aromatic carbocycles. The Labute approximate surface area is 395 Å². The highest BCUT2D eigenvalue weighted by Crippen LogP contribution is 2.23. The molecular weight excluding hydrogens is 799 g/mol. The fourth-order valence-corrected chi connectivity index (χ4v) is 5.41. The van der Waals surface area contributed by atoms with Gasteiger partial charge in [-0.25, -0.2) is 9.97 Å². The highest BCUT2D eigenvalue weighted by atomic mass is 16.3. The topological polar surface area (TPSA) is 210 Å². The molecule has 0 saturated heterocycles. The third-order valence-corrected chi connectivity index (χ3v) is 8.86. The molecule has 0 aliphatic rings. The first-order chi connectivity index (χ1) is 30.2. The fourth-order valence-electron chi connectivity index (χ4n) is 5.41. The number of aromatic nitrogens is 4. The Bertz CT molecular complexity index is 2470. The van der Waals surface area contributed by atoms with Gasteiger partial charge in [0.15, 0.2) is 0 Å². The van der Waals surface area contributed by atoms with E-state index in [0.717, 1.165) is 0 Å². The Morgan fingerprint density at radius 1 is 0.631 bits per heavy atom. The van der Waals surface area contributed by atoms with Gasteiger partial charge in [-0.3, -0.25) is 18.7 Å². The number of rotatable bonds is 8. The number of nitrogens with zero attached hydrogens (tertiary/aromatic N) is 6. The van der Waals surface area contributed by atoms with Crippen LogP contribution in [0.5, 0.6) is 11.5 Å². The second kappa shape index (κ2) is 27.8. The van der Waals surface area contributed by atoms with Crippen LogP contribution in [0.15, 0.2) is 94.5 Å².